The van der Waals surface area contributed by atoms with Gasteiger partial charge in [0.1, 0.15) is 0 Å². The van der Waals surface area contributed by atoms with Crippen LogP contribution in [0.15, 0.2) is 0 Å². The topological polar surface area (TPSA) is 24.5 Å². The molecule has 1 heterocycles. The van der Waals surface area contributed by atoms with E-state index in [1.54, 1.807) is 0 Å². The van der Waals surface area contributed by atoms with Crippen molar-refractivity contribution in [1.82, 2.24) is 10.2 Å². The van der Waals surface area contributed by atoms with Gasteiger partial charge in [-0.2, -0.15) is 0 Å². The van der Waals surface area contributed by atoms with Crippen molar-refractivity contribution in [1.29, 1.82) is 0 Å². The number of piperidine rings is 1. The van der Waals surface area contributed by atoms with Crippen LogP contribution in [0.4, 0.5) is 0 Å². The molecule has 1 fully saturated rings. The number of hydrogen-bond acceptors (Lipinski definition) is 3. The van der Waals surface area contributed by atoms with Crippen molar-refractivity contribution in [3.8, 4) is 0 Å². The highest BCUT2D eigenvalue weighted by Crippen LogP contribution is 2.13. The van der Waals surface area contributed by atoms with E-state index in [-0.39, 0.29) is 0 Å². The fraction of sp³-hybridized carbons (Fsp3) is 1.00. The number of ether oxygens (including phenoxy) is 1. The minimum absolute atomic E-state index is 0.648. The molecule has 0 aromatic rings. The summed E-state index contributed by atoms with van der Waals surface area (Å²) in [5.41, 5.74) is 0. The third-order valence-electron chi connectivity index (χ3n) is 3.43. The van der Waals surface area contributed by atoms with Crippen molar-refractivity contribution in [3.05, 3.63) is 0 Å². The van der Waals surface area contributed by atoms with Crippen LogP contribution in [0.2, 0.25) is 0 Å². The minimum atomic E-state index is 0.648. The first-order chi connectivity index (χ1) is 8.22. The summed E-state index contributed by atoms with van der Waals surface area (Å²) in [5, 5.41) is 3.43. The van der Waals surface area contributed by atoms with Gasteiger partial charge in [0, 0.05) is 19.7 Å². The van der Waals surface area contributed by atoms with E-state index in [2.05, 4.69) is 31.0 Å². The lowest BCUT2D eigenvalue weighted by molar-refractivity contribution is 0.0804. The summed E-state index contributed by atoms with van der Waals surface area (Å²) in [4.78, 5) is 2.54. The summed E-state index contributed by atoms with van der Waals surface area (Å²) >= 11 is 0. The summed E-state index contributed by atoms with van der Waals surface area (Å²) in [6, 6.07) is 0. The number of nitrogens with one attached hydrogen (secondary N) is 1. The van der Waals surface area contributed by atoms with Gasteiger partial charge in [-0.15, -0.1) is 0 Å². The fourth-order valence-electron chi connectivity index (χ4n) is 2.32. The van der Waals surface area contributed by atoms with Crippen molar-refractivity contribution < 1.29 is 4.74 Å². The molecule has 3 nitrogen and oxygen atoms in total. The first kappa shape index (κ1) is 14.9. The summed E-state index contributed by atoms with van der Waals surface area (Å²) in [6.45, 7) is 14.3. The van der Waals surface area contributed by atoms with Crippen molar-refractivity contribution in [3.63, 3.8) is 0 Å². The van der Waals surface area contributed by atoms with Crippen LogP contribution in [0.3, 0.4) is 0 Å². The maximum Gasteiger partial charge on any atom is 0.0593 e. The summed E-state index contributed by atoms with van der Waals surface area (Å²) in [5.74, 6) is 1.54. The quantitative estimate of drug-likeness (QED) is 0.659. The molecular weight excluding hydrogens is 212 g/mol. The Morgan fingerprint density at radius 2 is 2.00 bits per heavy atom. The number of rotatable bonds is 8. The van der Waals surface area contributed by atoms with Gasteiger partial charge in [-0.1, -0.05) is 20.8 Å². The molecule has 1 N–H and O–H groups in total. The zero-order valence-corrected chi connectivity index (χ0v) is 11.9. The zero-order valence-electron chi connectivity index (χ0n) is 11.9. The maximum atomic E-state index is 5.66. The Morgan fingerprint density at radius 1 is 1.29 bits per heavy atom. The largest absolute Gasteiger partial charge is 0.380 e. The molecule has 1 rings (SSSR count). The zero-order chi connectivity index (χ0) is 12.5. The van der Waals surface area contributed by atoms with Gasteiger partial charge in [-0.3, -0.25) is 0 Å². The van der Waals surface area contributed by atoms with Crippen LogP contribution in [0.1, 0.15) is 33.6 Å². The van der Waals surface area contributed by atoms with Crippen LogP contribution in [-0.2, 0) is 4.74 Å². The third kappa shape index (κ3) is 7.02. The molecule has 0 spiro atoms. The number of likely N-dealkylation sites (N-methyl/N-ethyl adjacent to an activating group) is 1. The van der Waals surface area contributed by atoms with Gasteiger partial charge < -0.3 is 15.0 Å². The van der Waals surface area contributed by atoms with Gasteiger partial charge in [0.25, 0.3) is 0 Å². The first-order valence-electron chi connectivity index (χ1n) is 7.23. The highest BCUT2D eigenvalue weighted by atomic mass is 16.5. The third-order valence-corrected chi connectivity index (χ3v) is 3.43. The monoisotopic (exact) mass is 242 g/mol. The molecule has 1 aliphatic rings. The molecule has 0 atom stereocenters. The molecule has 102 valence electrons. The number of hydrogen-bond donors (Lipinski definition) is 1. The Balaban J connectivity index is 2.09. The minimum Gasteiger partial charge on any atom is -0.380 e. The molecule has 0 amide bonds. The predicted octanol–water partition coefficient (Wildman–Crippen LogP) is 1.98. The average molecular weight is 242 g/mol. The average Bonchev–Trinajstić information content (AvgIpc) is 2.34. The SMILES string of the molecule is CCN(CCOCC(C)C)CC1CCNCC1. The van der Waals surface area contributed by atoms with Gasteiger partial charge in [0.15, 0.2) is 0 Å². The molecular formula is C14H30N2O. The van der Waals surface area contributed by atoms with Crippen LogP contribution >= 0.6 is 0 Å². The van der Waals surface area contributed by atoms with Crippen molar-refractivity contribution in [2.45, 2.75) is 33.6 Å². The standard InChI is InChI=1S/C14H30N2O/c1-4-16(9-10-17-12-13(2)3)11-14-5-7-15-8-6-14/h13-15H,4-12H2,1-3H3. The number of nitrogens with zero attached hydrogens (tertiary/aromatic N) is 1. The van der Waals surface area contributed by atoms with Gasteiger partial charge in [0.2, 0.25) is 0 Å². The van der Waals surface area contributed by atoms with Crippen LogP contribution in [0, 0.1) is 11.8 Å². The normalized spacial score (nSPS) is 18.2. The predicted molar refractivity (Wildman–Crippen MR) is 73.4 cm³/mol. The van der Waals surface area contributed by atoms with E-state index in [4.69, 9.17) is 4.74 Å². The summed E-state index contributed by atoms with van der Waals surface area (Å²) in [6.07, 6.45) is 2.67. The Kier molecular flexibility index (Phi) is 7.82. The van der Waals surface area contributed by atoms with Crippen LogP contribution in [0.5, 0.6) is 0 Å². The maximum absolute atomic E-state index is 5.66. The molecule has 0 bridgehead atoms. The molecule has 0 aliphatic carbocycles. The van der Waals surface area contributed by atoms with E-state index >= 15 is 0 Å². The Bertz CT molecular complexity index is 179. The van der Waals surface area contributed by atoms with E-state index in [1.807, 2.05) is 0 Å². The smallest absolute Gasteiger partial charge is 0.0593 e. The second-order valence-corrected chi connectivity index (χ2v) is 5.56. The van der Waals surface area contributed by atoms with Crippen LogP contribution in [0.25, 0.3) is 0 Å². The van der Waals surface area contributed by atoms with E-state index in [0.717, 1.165) is 32.2 Å². The Morgan fingerprint density at radius 3 is 2.59 bits per heavy atom. The molecule has 0 unspecified atom stereocenters. The second-order valence-electron chi connectivity index (χ2n) is 5.56. The van der Waals surface area contributed by atoms with Crippen LogP contribution < -0.4 is 5.32 Å². The van der Waals surface area contributed by atoms with Crippen LogP contribution in [-0.4, -0.2) is 50.8 Å². The van der Waals surface area contributed by atoms with Gasteiger partial charge >= 0.3 is 0 Å². The summed E-state index contributed by atoms with van der Waals surface area (Å²) in [7, 11) is 0. The van der Waals surface area contributed by atoms with Gasteiger partial charge in [0.05, 0.1) is 6.61 Å². The molecule has 0 aromatic carbocycles. The highest BCUT2D eigenvalue weighted by molar-refractivity contribution is 4.72. The fourth-order valence-corrected chi connectivity index (χ4v) is 2.32. The molecule has 0 aromatic heterocycles. The van der Waals surface area contributed by atoms with Gasteiger partial charge in [-0.05, 0) is 44.3 Å². The lowest BCUT2D eigenvalue weighted by Gasteiger charge is -2.29. The molecule has 1 aliphatic heterocycles. The molecule has 1 saturated heterocycles. The molecule has 0 saturated carbocycles. The van der Waals surface area contributed by atoms with E-state index in [9.17, 15) is 0 Å². The molecule has 3 heteroatoms. The van der Waals surface area contributed by atoms with Gasteiger partial charge in [-0.25, -0.2) is 0 Å². The lowest BCUT2D eigenvalue weighted by Crippen LogP contribution is -2.37. The summed E-state index contributed by atoms with van der Waals surface area (Å²) < 4.78 is 5.66. The first-order valence-corrected chi connectivity index (χ1v) is 7.23. The van der Waals surface area contributed by atoms with E-state index < -0.39 is 0 Å². The second kappa shape index (κ2) is 8.90. The van der Waals surface area contributed by atoms with Crippen molar-refractivity contribution in [2.24, 2.45) is 11.8 Å². The van der Waals surface area contributed by atoms with Crippen molar-refractivity contribution >= 4 is 0 Å². The Hall–Kier alpha value is -0.120. The molecule has 17 heavy (non-hydrogen) atoms. The van der Waals surface area contributed by atoms with E-state index in [0.29, 0.717) is 5.92 Å². The molecule has 0 radical (unpaired) electrons. The lowest BCUT2D eigenvalue weighted by atomic mass is 9.97. The Labute approximate surface area is 107 Å². The van der Waals surface area contributed by atoms with Crippen molar-refractivity contribution in [2.75, 3.05) is 45.9 Å². The van der Waals surface area contributed by atoms with E-state index in [1.165, 1.54) is 32.5 Å². The highest BCUT2D eigenvalue weighted by Gasteiger charge is 2.15.